The highest BCUT2D eigenvalue weighted by molar-refractivity contribution is 5.49. The standard InChI is InChI=1S/C26H22FN3O2/c1-26(31,20-5-3-2-4-6-20)25-17-30(29-28-25)16-18-7-12-23-22(13-14-32-24(23)15-18)19-8-10-21(27)11-9-19/h2-15,17,22,31H,16H2,1H3. The summed E-state index contributed by atoms with van der Waals surface area (Å²) in [5.74, 6) is 0.516. The molecule has 1 aromatic heterocycles. The highest BCUT2D eigenvalue weighted by Crippen LogP contribution is 2.37. The summed E-state index contributed by atoms with van der Waals surface area (Å²) >= 11 is 0. The molecule has 1 N–H and O–H groups in total. The number of benzene rings is 3. The quantitative estimate of drug-likeness (QED) is 0.499. The molecule has 1 aliphatic heterocycles. The maximum Gasteiger partial charge on any atom is 0.132 e. The van der Waals surface area contributed by atoms with Gasteiger partial charge in [0.1, 0.15) is 22.9 Å². The van der Waals surface area contributed by atoms with Gasteiger partial charge >= 0.3 is 0 Å². The number of halogens is 1. The van der Waals surface area contributed by atoms with Crippen molar-refractivity contribution in [1.82, 2.24) is 15.0 Å². The Morgan fingerprint density at radius 1 is 1.06 bits per heavy atom. The average molecular weight is 427 g/mol. The second-order valence-electron chi connectivity index (χ2n) is 8.09. The molecule has 4 aromatic rings. The highest BCUT2D eigenvalue weighted by atomic mass is 19.1. The van der Waals surface area contributed by atoms with Crippen molar-refractivity contribution < 1.29 is 14.2 Å². The Morgan fingerprint density at radius 3 is 2.62 bits per heavy atom. The van der Waals surface area contributed by atoms with Crippen LogP contribution in [0.15, 0.2) is 91.3 Å². The van der Waals surface area contributed by atoms with Gasteiger partial charge < -0.3 is 9.84 Å². The Bertz CT molecular complexity index is 1260. The zero-order valence-electron chi connectivity index (χ0n) is 17.5. The van der Waals surface area contributed by atoms with Crippen LogP contribution >= 0.6 is 0 Å². The fourth-order valence-electron chi connectivity index (χ4n) is 3.99. The lowest BCUT2D eigenvalue weighted by molar-refractivity contribution is 0.0972. The molecule has 0 saturated carbocycles. The van der Waals surface area contributed by atoms with E-state index in [0.29, 0.717) is 12.2 Å². The molecule has 1 aliphatic rings. The van der Waals surface area contributed by atoms with E-state index in [-0.39, 0.29) is 11.7 Å². The first kappa shape index (κ1) is 20.2. The van der Waals surface area contributed by atoms with Gasteiger partial charge in [0.25, 0.3) is 0 Å². The van der Waals surface area contributed by atoms with Crippen LogP contribution in [0.25, 0.3) is 0 Å². The number of nitrogens with zero attached hydrogens (tertiary/aromatic N) is 3. The summed E-state index contributed by atoms with van der Waals surface area (Å²) in [5, 5.41) is 19.4. The maximum absolute atomic E-state index is 13.3. The third-order valence-corrected chi connectivity index (χ3v) is 5.83. The van der Waals surface area contributed by atoms with Crippen LogP contribution in [0.5, 0.6) is 5.75 Å². The van der Waals surface area contributed by atoms with Gasteiger partial charge in [0.15, 0.2) is 0 Å². The minimum atomic E-state index is -1.23. The van der Waals surface area contributed by atoms with Crippen LogP contribution in [0.2, 0.25) is 0 Å². The maximum atomic E-state index is 13.3. The van der Waals surface area contributed by atoms with E-state index in [0.717, 1.165) is 28.0 Å². The number of aromatic nitrogens is 3. The summed E-state index contributed by atoms with van der Waals surface area (Å²) in [6, 6.07) is 22.0. The van der Waals surface area contributed by atoms with Crippen LogP contribution < -0.4 is 4.74 Å². The minimum Gasteiger partial charge on any atom is -0.465 e. The van der Waals surface area contributed by atoms with Crippen LogP contribution in [-0.2, 0) is 12.1 Å². The molecule has 0 saturated heterocycles. The van der Waals surface area contributed by atoms with E-state index in [9.17, 15) is 9.50 Å². The number of rotatable bonds is 5. The first-order chi connectivity index (χ1) is 15.5. The summed E-state index contributed by atoms with van der Waals surface area (Å²) < 4.78 is 20.8. The van der Waals surface area contributed by atoms with Gasteiger partial charge in [0.05, 0.1) is 19.0 Å². The lowest BCUT2D eigenvalue weighted by Crippen LogP contribution is -2.23. The molecular formula is C26H22FN3O2. The Labute approximate surface area is 185 Å². The van der Waals surface area contributed by atoms with Crippen molar-refractivity contribution in [2.45, 2.75) is 25.0 Å². The molecule has 0 bridgehead atoms. The van der Waals surface area contributed by atoms with Crippen LogP contribution in [0, 0.1) is 5.82 Å². The summed E-state index contributed by atoms with van der Waals surface area (Å²) in [7, 11) is 0. The predicted octanol–water partition coefficient (Wildman–Crippen LogP) is 4.76. The fourth-order valence-corrected chi connectivity index (χ4v) is 3.99. The van der Waals surface area contributed by atoms with Gasteiger partial charge in [-0.05, 0) is 47.9 Å². The third kappa shape index (κ3) is 3.81. The molecule has 0 aliphatic carbocycles. The van der Waals surface area contributed by atoms with Gasteiger partial charge in [-0.3, -0.25) is 0 Å². The van der Waals surface area contributed by atoms with Crippen LogP contribution in [0.4, 0.5) is 4.39 Å². The summed E-state index contributed by atoms with van der Waals surface area (Å²) in [6.07, 6.45) is 5.39. The molecule has 0 fully saturated rings. The number of ether oxygens (including phenoxy) is 1. The van der Waals surface area contributed by atoms with Crippen molar-refractivity contribution in [3.05, 3.63) is 125 Å². The number of allylic oxidation sites excluding steroid dienone is 1. The van der Waals surface area contributed by atoms with Crippen molar-refractivity contribution in [3.8, 4) is 5.75 Å². The lowest BCUT2D eigenvalue weighted by atomic mass is 9.89. The molecule has 0 amide bonds. The van der Waals surface area contributed by atoms with Gasteiger partial charge in [-0.15, -0.1) is 5.10 Å². The van der Waals surface area contributed by atoms with Crippen molar-refractivity contribution in [1.29, 1.82) is 0 Å². The molecule has 2 atom stereocenters. The Morgan fingerprint density at radius 2 is 1.84 bits per heavy atom. The molecule has 32 heavy (non-hydrogen) atoms. The van der Waals surface area contributed by atoms with Gasteiger partial charge in [-0.25, -0.2) is 9.07 Å². The first-order valence-electron chi connectivity index (χ1n) is 10.4. The summed E-state index contributed by atoms with van der Waals surface area (Å²) in [6.45, 7) is 2.20. The van der Waals surface area contributed by atoms with E-state index in [1.807, 2.05) is 54.6 Å². The van der Waals surface area contributed by atoms with Crippen molar-refractivity contribution in [3.63, 3.8) is 0 Å². The molecule has 2 unspecified atom stereocenters. The second kappa shape index (κ2) is 8.05. The molecule has 3 aromatic carbocycles. The molecule has 2 heterocycles. The van der Waals surface area contributed by atoms with Gasteiger partial charge in [-0.1, -0.05) is 59.8 Å². The zero-order valence-corrected chi connectivity index (χ0v) is 17.5. The largest absolute Gasteiger partial charge is 0.465 e. The van der Waals surface area contributed by atoms with E-state index in [1.54, 1.807) is 36.2 Å². The SMILES string of the molecule is CC(O)(c1ccccc1)c1cn(Cc2ccc3c(c2)OC=CC3c2ccc(F)cc2)nn1. The number of hydrogen-bond donors (Lipinski definition) is 1. The molecule has 6 heteroatoms. The van der Waals surface area contributed by atoms with Gasteiger partial charge in [0, 0.05) is 11.5 Å². The molecule has 0 radical (unpaired) electrons. The lowest BCUT2D eigenvalue weighted by Gasteiger charge is -2.22. The smallest absolute Gasteiger partial charge is 0.132 e. The zero-order chi connectivity index (χ0) is 22.1. The van der Waals surface area contributed by atoms with Crippen LogP contribution in [0.3, 0.4) is 0 Å². The third-order valence-electron chi connectivity index (χ3n) is 5.83. The topological polar surface area (TPSA) is 60.2 Å². The Kier molecular flexibility index (Phi) is 5.07. The monoisotopic (exact) mass is 427 g/mol. The Hall–Kier alpha value is -3.77. The van der Waals surface area contributed by atoms with Crippen LogP contribution in [0.1, 0.15) is 40.8 Å². The molecule has 160 valence electrons. The van der Waals surface area contributed by atoms with Crippen molar-refractivity contribution in [2.75, 3.05) is 0 Å². The van der Waals surface area contributed by atoms with Gasteiger partial charge in [-0.2, -0.15) is 0 Å². The average Bonchev–Trinajstić information content (AvgIpc) is 3.29. The van der Waals surface area contributed by atoms with E-state index < -0.39 is 5.60 Å². The number of hydrogen-bond acceptors (Lipinski definition) is 4. The number of aliphatic hydroxyl groups is 1. The fraction of sp³-hybridized carbons (Fsp3) is 0.154. The predicted molar refractivity (Wildman–Crippen MR) is 119 cm³/mol. The minimum absolute atomic E-state index is 0.00680. The second-order valence-corrected chi connectivity index (χ2v) is 8.09. The highest BCUT2D eigenvalue weighted by Gasteiger charge is 2.29. The van der Waals surface area contributed by atoms with Gasteiger partial charge in [0.2, 0.25) is 0 Å². The number of fused-ring (bicyclic) bond motifs is 1. The molecule has 5 nitrogen and oxygen atoms in total. The summed E-state index contributed by atoms with van der Waals surface area (Å²) in [5.41, 5.74) is 3.03. The molecule has 0 spiro atoms. The first-order valence-corrected chi connectivity index (χ1v) is 10.4. The van der Waals surface area contributed by atoms with E-state index in [2.05, 4.69) is 10.3 Å². The Balaban J connectivity index is 1.37. The summed E-state index contributed by atoms with van der Waals surface area (Å²) in [4.78, 5) is 0. The van der Waals surface area contributed by atoms with E-state index in [1.165, 1.54) is 12.1 Å². The van der Waals surface area contributed by atoms with Crippen molar-refractivity contribution in [2.24, 2.45) is 0 Å². The normalized spacial score (nSPS) is 16.8. The van der Waals surface area contributed by atoms with Crippen molar-refractivity contribution >= 4 is 0 Å². The van der Waals surface area contributed by atoms with Crippen LogP contribution in [-0.4, -0.2) is 20.1 Å². The van der Waals surface area contributed by atoms with E-state index >= 15 is 0 Å². The molecule has 5 rings (SSSR count). The molecular weight excluding hydrogens is 405 g/mol. The van der Waals surface area contributed by atoms with E-state index in [4.69, 9.17) is 4.74 Å².